The Labute approximate surface area is 122 Å². The molecule has 9 heteroatoms. The molecule has 0 radical (unpaired) electrons. The number of thiazole rings is 1. The molecule has 21 heavy (non-hydrogen) atoms. The summed E-state index contributed by atoms with van der Waals surface area (Å²) in [6, 6.07) is 5.36. The largest absolute Gasteiger partial charge is 0.444 e. The molecule has 108 valence electrons. The van der Waals surface area contributed by atoms with Gasteiger partial charge < -0.3 is 9.30 Å². The number of hydrogen-bond acceptors (Lipinski definition) is 5. The van der Waals surface area contributed by atoms with Crippen LogP contribution in [0.15, 0.2) is 28.1 Å². The fourth-order valence-electron chi connectivity index (χ4n) is 2.25. The third-order valence-electron chi connectivity index (χ3n) is 3.31. The summed E-state index contributed by atoms with van der Waals surface area (Å²) in [5.41, 5.74) is 9.79. The summed E-state index contributed by atoms with van der Waals surface area (Å²) in [7, 11) is 1.71. The van der Waals surface area contributed by atoms with Gasteiger partial charge in [-0.2, -0.15) is 0 Å². The van der Waals surface area contributed by atoms with Crippen LogP contribution in [0.3, 0.4) is 0 Å². The van der Waals surface area contributed by atoms with Crippen LogP contribution in [-0.4, -0.2) is 29.9 Å². The van der Waals surface area contributed by atoms with Crippen LogP contribution in [-0.2, 0) is 11.8 Å². The smallest absolute Gasteiger partial charge is 0.414 e. The van der Waals surface area contributed by atoms with Crippen molar-refractivity contribution in [3.05, 3.63) is 38.3 Å². The van der Waals surface area contributed by atoms with Crippen LogP contribution in [0, 0.1) is 0 Å². The minimum atomic E-state index is -0.476. The maximum atomic E-state index is 11.9. The fourth-order valence-corrected chi connectivity index (χ4v) is 3.16. The molecular weight excluding hydrogens is 294 g/mol. The highest BCUT2D eigenvalue weighted by Crippen LogP contribution is 2.27. The van der Waals surface area contributed by atoms with Crippen LogP contribution in [0.25, 0.3) is 20.7 Å². The Balaban J connectivity index is 1.91. The molecule has 1 aliphatic heterocycles. The van der Waals surface area contributed by atoms with Gasteiger partial charge >= 0.3 is 11.0 Å². The van der Waals surface area contributed by atoms with Crippen LogP contribution in [0.2, 0.25) is 0 Å². The van der Waals surface area contributed by atoms with Gasteiger partial charge in [-0.15, -0.1) is 0 Å². The second-order valence-corrected chi connectivity index (χ2v) is 5.60. The number of nitrogens with zero attached hydrogens (tertiary/aromatic N) is 5. The van der Waals surface area contributed by atoms with E-state index in [9.17, 15) is 9.59 Å². The molecule has 1 aromatic heterocycles. The highest BCUT2D eigenvalue weighted by atomic mass is 32.1. The van der Waals surface area contributed by atoms with Gasteiger partial charge in [0, 0.05) is 17.6 Å². The van der Waals surface area contributed by atoms with Crippen LogP contribution >= 0.6 is 11.3 Å². The zero-order valence-electron chi connectivity index (χ0n) is 11.1. The third kappa shape index (κ3) is 2.32. The highest BCUT2D eigenvalue weighted by Gasteiger charge is 2.32. The van der Waals surface area contributed by atoms with Crippen LogP contribution in [0.4, 0.5) is 10.5 Å². The van der Waals surface area contributed by atoms with Gasteiger partial charge in [0.05, 0.1) is 23.3 Å². The minimum absolute atomic E-state index is 0.0487. The number of fused-ring (bicyclic) bond motifs is 1. The second-order valence-electron chi connectivity index (χ2n) is 4.61. The quantitative estimate of drug-likeness (QED) is 0.493. The number of hydrogen-bond donors (Lipinski definition) is 0. The van der Waals surface area contributed by atoms with E-state index in [1.54, 1.807) is 29.8 Å². The SMILES string of the molecule is Cn1c(=O)sc2cc(N3C[C@H](CN=[N+]=[N-])OC3=O)ccc21. The van der Waals surface area contributed by atoms with Gasteiger partial charge in [0.25, 0.3) is 0 Å². The predicted molar refractivity (Wildman–Crippen MR) is 78.7 cm³/mol. The molecule has 0 bridgehead atoms. The monoisotopic (exact) mass is 305 g/mol. The molecule has 0 N–H and O–H groups in total. The Morgan fingerprint density at radius 2 is 2.33 bits per heavy atom. The lowest BCUT2D eigenvalue weighted by molar-refractivity contribution is 0.145. The van der Waals surface area contributed by atoms with Gasteiger partial charge in [-0.1, -0.05) is 16.5 Å². The first-order valence-corrected chi connectivity index (χ1v) is 7.00. The maximum Gasteiger partial charge on any atom is 0.414 e. The van der Waals surface area contributed by atoms with Crippen molar-refractivity contribution in [1.82, 2.24) is 4.57 Å². The van der Waals surface area contributed by atoms with Gasteiger partial charge in [0.15, 0.2) is 0 Å². The fraction of sp³-hybridized carbons (Fsp3) is 0.333. The van der Waals surface area contributed by atoms with E-state index in [-0.39, 0.29) is 11.4 Å². The molecule has 1 atom stereocenters. The molecule has 2 aromatic rings. The lowest BCUT2D eigenvalue weighted by Crippen LogP contribution is -2.25. The molecule has 1 aliphatic rings. The van der Waals surface area contributed by atoms with Crippen molar-refractivity contribution in [3.8, 4) is 0 Å². The number of carbonyl (C=O) groups is 1. The van der Waals surface area contributed by atoms with Crippen molar-refractivity contribution in [2.75, 3.05) is 18.0 Å². The van der Waals surface area contributed by atoms with Crippen molar-refractivity contribution >= 4 is 33.3 Å². The summed E-state index contributed by atoms with van der Waals surface area (Å²) in [6.45, 7) is 0.435. The minimum Gasteiger partial charge on any atom is -0.444 e. The van der Waals surface area contributed by atoms with E-state index in [0.29, 0.717) is 12.2 Å². The highest BCUT2D eigenvalue weighted by molar-refractivity contribution is 7.16. The topological polar surface area (TPSA) is 100 Å². The van der Waals surface area contributed by atoms with E-state index in [0.717, 1.165) is 21.6 Å². The van der Waals surface area contributed by atoms with Gasteiger partial charge in [-0.3, -0.25) is 9.69 Å². The summed E-state index contributed by atoms with van der Waals surface area (Å²) >= 11 is 1.13. The van der Waals surface area contributed by atoms with E-state index in [1.165, 1.54) is 4.90 Å². The van der Waals surface area contributed by atoms with Crippen LogP contribution in [0.5, 0.6) is 0 Å². The normalized spacial score (nSPS) is 17.9. The van der Waals surface area contributed by atoms with Crippen molar-refractivity contribution in [3.63, 3.8) is 0 Å². The molecule has 1 aromatic carbocycles. The molecule has 8 nitrogen and oxygen atoms in total. The number of azide groups is 1. The van der Waals surface area contributed by atoms with E-state index >= 15 is 0 Å². The number of amides is 1. The van der Waals surface area contributed by atoms with Crippen molar-refractivity contribution in [2.24, 2.45) is 12.2 Å². The summed E-state index contributed by atoms with van der Waals surface area (Å²) in [4.78, 5) is 27.6. The van der Waals surface area contributed by atoms with Gasteiger partial charge in [-0.05, 0) is 23.7 Å². The van der Waals surface area contributed by atoms with Gasteiger partial charge in [0.2, 0.25) is 0 Å². The molecule has 2 heterocycles. The first-order chi connectivity index (χ1) is 10.1. The molecule has 0 saturated carbocycles. The van der Waals surface area contributed by atoms with E-state index in [2.05, 4.69) is 10.0 Å². The van der Waals surface area contributed by atoms with Crippen LogP contribution in [0.1, 0.15) is 0 Å². The standard InChI is InChI=1S/C12H11N5O3S/c1-16-9-3-2-7(4-10(9)21-12(16)19)17-6-8(5-14-15-13)20-11(17)18/h2-4,8H,5-6H2,1H3/t8-/m0/s1. The Hall–Kier alpha value is -2.51. The lowest BCUT2D eigenvalue weighted by Gasteiger charge is -2.12. The number of cyclic esters (lactones) is 1. The third-order valence-corrected chi connectivity index (χ3v) is 4.31. The lowest BCUT2D eigenvalue weighted by atomic mass is 10.2. The van der Waals surface area contributed by atoms with Gasteiger partial charge in [-0.25, -0.2) is 4.79 Å². The molecule has 0 aliphatic carbocycles. The molecule has 0 unspecified atom stereocenters. The number of aromatic nitrogens is 1. The Kier molecular flexibility index (Phi) is 3.28. The van der Waals surface area contributed by atoms with Crippen molar-refractivity contribution in [1.29, 1.82) is 0 Å². The van der Waals surface area contributed by atoms with Crippen molar-refractivity contribution < 1.29 is 9.53 Å². The number of ether oxygens (including phenoxy) is 1. The number of carbonyl (C=O) groups excluding carboxylic acids is 1. The predicted octanol–water partition coefficient (Wildman–Crippen LogP) is 2.24. The summed E-state index contributed by atoms with van der Waals surface area (Å²) in [5.74, 6) is 0. The Bertz CT molecular complexity index is 820. The number of anilines is 1. The zero-order chi connectivity index (χ0) is 15.0. The molecular formula is C12H11N5O3S. The second kappa shape index (κ2) is 5.12. The van der Waals surface area contributed by atoms with E-state index in [1.807, 2.05) is 0 Å². The molecule has 1 fully saturated rings. The van der Waals surface area contributed by atoms with Gasteiger partial charge in [0.1, 0.15) is 6.10 Å². The van der Waals surface area contributed by atoms with Crippen LogP contribution < -0.4 is 9.77 Å². The summed E-state index contributed by atoms with van der Waals surface area (Å²) in [5, 5.41) is 3.42. The zero-order valence-corrected chi connectivity index (χ0v) is 11.9. The molecule has 1 amide bonds. The summed E-state index contributed by atoms with van der Waals surface area (Å²) < 4.78 is 7.51. The van der Waals surface area contributed by atoms with Crippen molar-refractivity contribution in [2.45, 2.75) is 6.10 Å². The molecule has 0 spiro atoms. The number of rotatable bonds is 3. The van der Waals surface area contributed by atoms with E-state index in [4.69, 9.17) is 10.3 Å². The Morgan fingerprint density at radius 1 is 1.52 bits per heavy atom. The Morgan fingerprint density at radius 3 is 3.10 bits per heavy atom. The first kappa shape index (κ1) is 13.5. The maximum absolute atomic E-state index is 11.9. The molecule has 1 saturated heterocycles. The van der Waals surface area contributed by atoms with E-state index < -0.39 is 12.2 Å². The average Bonchev–Trinajstić information content (AvgIpc) is 2.97. The number of benzene rings is 1. The summed E-state index contributed by atoms with van der Waals surface area (Å²) in [6.07, 6.45) is -0.922. The molecule has 3 rings (SSSR count). The average molecular weight is 305 g/mol. The number of aryl methyl sites for hydroxylation is 1. The first-order valence-electron chi connectivity index (χ1n) is 6.18.